The van der Waals surface area contributed by atoms with Gasteiger partial charge >= 0.3 is 0 Å². The number of para-hydroxylation sites is 1. The summed E-state index contributed by atoms with van der Waals surface area (Å²) in [7, 11) is 0. The van der Waals surface area contributed by atoms with Gasteiger partial charge in [0.1, 0.15) is 5.82 Å². The number of amides is 2. The molecule has 3 rings (SSSR count). The van der Waals surface area contributed by atoms with E-state index in [1.54, 1.807) is 18.2 Å². The fraction of sp³-hybridized carbons (Fsp3) is 0.333. The zero-order valence-electron chi connectivity index (χ0n) is 14.8. The lowest BCUT2D eigenvalue weighted by atomic mass is 10.0. The van der Waals surface area contributed by atoms with E-state index in [9.17, 15) is 14.0 Å². The van der Waals surface area contributed by atoms with E-state index in [1.165, 1.54) is 11.0 Å². The zero-order valence-corrected chi connectivity index (χ0v) is 14.8. The second kappa shape index (κ2) is 8.13. The molecule has 5 heteroatoms. The van der Waals surface area contributed by atoms with Crippen LogP contribution in [-0.4, -0.2) is 18.4 Å². The molecule has 2 aromatic rings. The molecule has 26 heavy (non-hydrogen) atoms. The number of carbonyl (C=O) groups is 2. The third-order valence-corrected chi connectivity index (χ3v) is 4.73. The van der Waals surface area contributed by atoms with Gasteiger partial charge in [-0.15, -0.1) is 0 Å². The van der Waals surface area contributed by atoms with E-state index in [-0.39, 0.29) is 36.5 Å². The number of benzene rings is 2. The summed E-state index contributed by atoms with van der Waals surface area (Å²) >= 11 is 0. The SMILES string of the molecule is CCCC(NC(=O)C1CC(=O)N(c2ccccc2F)C1)c1ccccc1. The van der Waals surface area contributed by atoms with E-state index in [0.717, 1.165) is 18.4 Å². The summed E-state index contributed by atoms with van der Waals surface area (Å²) in [5.74, 6) is -1.29. The number of anilines is 1. The van der Waals surface area contributed by atoms with Crippen molar-refractivity contribution in [3.8, 4) is 0 Å². The first-order chi connectivity index (χ1) is 12.6. The molecule has 2 atom stereocenters. The summed E-state index contributed by atoms with van der Waals surface area (Å²) in [5, 5.41) is 3.07. The van der Waals surface area contributed by atoms with Gasteiger partial charge in [0, 0.05) is 13.0 Å². The highest BCUT2D eigenvalue weighted by atomic mass is 19.1. The molecule has 2 unspecified atom stereocenters. The van der Waals surface area contributed by atoms with E-state index in [0.29, 0.717) is 0 Å². The Hall–Kier alpha value is -2.69. The standard InChI is InChI=1S/C21H23FN2O2/c1-2-8-18(15-9-4-3-5-10-15)23-21(26)16-13-20(25)24(14-16)19-12-7-6-11-17(19)22/h3-7,9-12,16,18H,2,8,13-14H2,1H3,(H,23,26). The van der Waals surface area contributed by atoms with E-state index in [1.807, 2.05) is 30.3 Å². The first kappa shape index (κ1) is 18.1. The normalized spacial score (nSPS) is 18.0. The van der Waals surface area contributed by atoms with Gasteiger partial charge in [-0.25, -0.2) is 4.39 Å². The lowest BCUT2D eigenvalue weighted by molar-refractivity contribution is -0.127. The van der Waals surface area contributed by atoms with Gasteiger partial charge in [-0.05, 0) is 24.1 Å². The second-order valence-corrected chi connectivity index (χ2v) is 6.62. The van der Waals surface area contributed by atoms with Crippen molar-refractivity contribution in [1.29, 1.82) is 0 Å². The molecule has 2 aromatic carbocycles. The minimum absolute atomic E-state index is 0.0775. The van der Waals surface area contributed by atoms with Gasteiger partial charge in [0.2, 0.25) is 11.8 Å². The lowest BCUT2D eigenvalue weighted by Gasteiger charge is -2.21. The Morgan fingerprint density at radius 3 is 2.58 bits per heavy atom. The Morgan fingerprint density at radius 2 is 1.88 bits per heavy atom. The number of rotatable bonds is 6. The molecule has 1 fully saturated rings. The van der Waals surface area contributed by atoms with Gasteiger partial charge in [-0.3, -0.25) is 9.59 Å². The highest BCUT2D eigenvalue weighted by Gasteiger charge is 2.36. The minimum atomic E-state index is -0.467. The van der Waals surface area contributed by atoms with Crippen LogP contribution in [0.4, 0.5) is 10.1 Å². The third-order valence-electron chi connectivity index (χ3n) is 4.73. The van der Waals surface area contributed by atoms with Crippen molar-refractivity contribution >= 4 is 17.5 Å². The molecule has 136 valence electrons. The number of carbonyl (C=O) groups excluding carboxylic acids is 2. The fourth-order valence-electron chi connectivity index (χ4n) is 3.37. The number of nitrogens with zero attached hydrogens (tertiary/aromatic N) is 1. The van der Waals surface area contributed by atoms with Crippen molar-refractivity contribution in [3.05, 3.63) is 66.0 Å². The molecule has 1 N–H and O–H groups in total. The minimum Gasteiger partial charge on any atom is -0.349 e. The predicted molar refractivity (Wildman–Crippen MR) is 99.1 cm³/mol. The van der Waals surface area contributed by atoms with E-state index in [4.69, 9.17) is 0 Å². The molecule has 0 saturated carbocycles. The Morgan fingerprint density at radius 1 is 1.19 bits per heavy atom. The van der Waals surface area contributed by atoms with Crippen LogP contribution in [0.2, 0.25) is 0 Å². The summed E-state index contributed by atoms with van der Waals surface area (Å²) in [6.07, 6.45) is 1.87. The number of halogens is 1. The Labute approximate surface area is 153 Å². The molecule has 0 spiro atoms. The molecule has 0 aromatic heterocycles. The van der Waals surface area contributed by atoms with E-state index >= 15 is 0 Å². The summed E-state index contributed by atoms with van der Waals surface area (Å²) in [6.45, 7) is 2.28. The van der Waals surface area contributed by atoms with Crippen LogP contribution in [0.25, 0.3) is 0 Å². The molecule has 1 aliphatic rings. The summed E-state index contributed by atoms with van der Waals surface area (Å²) in [6, 6.07) is 15.9. The molecule has 0 radical (unpaired) electrons. The van der Waals surface area contributed by atoms with Crippen molar-refractivity contribution in [3.63, 3.8) is 0 Å². The van der Waals surface area contributed by atoms with Gasteiger partial charge < -0.3 is 10.2 Å². The molecule has 0 aliphatic carbocycles. The van der Waals surface area contributed by atoms with Crippen molar-refractivity contribution in [1.82, 2.24) is 5.32 Å². The van der Waals surface area contributed by atoms with Crippen LogP contribution in [0, 0.1) is 11.7 Å². The lowest BCUT2D eigenvalue weighted by Crippen LogP contribution is -2.35. The zero-order chi connectivity index (χ0) is 18.5. The number of hydrogen-bond acceptors (Lipinski definition) is 2. The maximum Gasteiger partial charge on any atom is 0.227 e. The molecule has 2 amide bonds. The highest BCUT2D eigenvalue weighted by Crippen LogP contribution is 2.28. The maximum atomic E-state index is 14.0. The van der Waals surface area contributed by atoms with Crippen LogP contribution in [0.15, 0.2) is 54.6 Å². The first-order valence-electron chi connectivity index (χ1n) is 9.00. The molecule has 0 bridgehead atoms. The molecular weight excluding hydrogens is 331 g/mol. The number of hydrogen-bond donors (Lipinski definition) is 1. The van der Waals surface area contributed by atoms with Crippen LogP contribution in [0.5, 0.6) is 0 Å². The monoisotopic (exact) mass is 354 g/mol. The molecule has 1 aliphatic heterocycles. The molecular formula is C21H23FN2O2. The summed E-state index contributed by atoms with van der Waals surface area (Å²) in [4.78, 5) is 26.4. The van der Waals surface area contributed by atoms with Crippen molar-refractivity contribution in [2.24, 2.45) is 5.92 Å². The van der Waals surface area contributed by atoms with Gasteiger partial charge in [0.05, 0.1) is 17.6 Å². The highest BCUT2D eigenvalue weighted by molar-refractivity contribution is 6.00. The average Bonchev–Trinajstić information content (AvgIpc) is 3.04. The van der Waals surface area contributed by atoms with Gasteiger partial charge in [-0.1, -0.05) is 55.8 Å². The molecule has 1 heterocycles. The van der Waals surface area contributed by atoms with Gasteiger partial charge in [0.15, 0.2) is 0 Å². The van der Waals surface area contributed by atoms with E-state index in [2.05, 4.69) is 12.2 Å². The second-order valence-electron chi connectivity index (χ2n) is 6.62. The fourth-order valence-corrected chi connectivity index (χ4v) is 3.37. The third kappa shape index (κ3) is 3.93. The number of nitrogens with one attached hydrogen (secondary N) is 1. The van der Waals surface area contributed by atoms with Gasteiger partial charge in [0.25, 0.3) is 0 Å². The Balaban J connectivity index is 1.70. The Kier molecular flexibility index (Phi) is 5.66. The van der Waals surface area contributed by atoms with Crippen LogP contribution < -0.4 is 10.2 Å². The van der Waals surface area contributed by atoms with E-state index < -0.39 is 11.7 Å². The van der Waals surface area contributed by atoms with Crippen molar-refractivity contribution in [2.45, 2.75) is 32.2 Å². The quantitative estimate of drug-likeness (QED) is 0.857. The predicted octanol–water partition coefficient (Wildman–Crippen LogP) is 3.84. The molecule has 4 nitrogen and oxygen atoms in total. The van der Waals surface area contributed by atoms with Gasteiger partial charge in [-0.2, -0.15) is 0 Å². The van der Waals surface area contributed by atoms with Crippen LogP contribution >= 0.6 is 0 Å². The average molecular weight is 354 g/mol. The first-order valence-corrected chi connectivity index (χ1v) is 9.00. The smallest absolute Gasteiger partial charge is 0.227 e. The van der Waals surface area contributed by atoms with Crippen molar-refractivity contribution in [2.75, 3.05) is 11.4 Å². The topological polar surface area (TPSA) is 49.4 Å². The van der Waals surface area contributed by atoms with Crippen LogP contribution in [0.3, 0.4) is 0 Å². The molecule has 1 saturated heterocycles. The largest absolute Gasteiger partial charge is 0.349 e. The van der Waals surface area contributed by atoms with Crippen LogP contribution in [0.1, 0.15) is 37.8 Å². The summed E-state index contributed by atoms with van der Waals surface area (Å²) in [5.41, 5.74) is 1.29. The van der Waals surface area contributed by atoms with Crippen molar-refractivity contribution < 1.29 is 14.0 Å². The van der Waals surface area contributed by atoms with Crippen LogP contribution in [-0.2, 0) is 9.59 Å². The summed E-state index contributed by atoms with van der Waals surface area (Å²) < 4.78 is 14.0. The Bertz CT molecular complexity index is 779. The maximum absolute atomic E-state index is 14.0.